The van der Waals surface area contributed by atoms with Crippen LogP contribution in [0.15, 0.2) is 18.2 Å². The smallest absolute Gasteiger partial charge is 0.123 e. The molecule has 0 spiro atoms. The molecule has 1 aromatic carbocycles. The summed E-state index contributed by atoms with van der Waals surface area (Å²) in [7, 11) is 0. The summed E-state index contributed by atoms with van der Waals surface area (Å²) in [5.74, 6) is 0.959. The highest BCUT2D eigenvalue weighted by molar-refractivity contribution is 6.30. The van der Waals surface area contributed by atoms with E-state index in [9.17, 15) is 0 Å². The number of rotatable bonds is 11. The number of unbranched alkanes of at least 4 members (excludes halogenated alkanes) is 5. The van der Waals surface area contributed by atoms with E-state index in [2.05, 4.69) is 26.1 Å². The van der Waals surface area contributed by atoms with Crippen LogP contribution >= 0.6 is 11.6 Å². The Labute approximate surface area is 135 Å². The maximum absolute atomic E-state index is 6.08. The highest BCUT2D eigenvalue weighted by atomic mass is 35.5. The van der Waals surface area contributed by atoms with Crippen LogP contribution in [-0.4, -0.2) is 12.6 Å². The van der Waals surface area contributed by atoms with Crippen LogP contribution in [0.4, 0.5) is 0 Å². The summed E-state index contributed by atoms with van der Waals surface area (Å²) in [6.45, 7) is 8.12. The van der Waals surface area contributed by atoms with Crippen LogP contribution in [0.1, 0.15) is 64.9 Å². The topological polar surface area (TPSA) is 21.3 Å². The van der Waals surface area contributed by atoms with E-state index in [1.165, 1.54) is 32.1 Å². The fraction of sp³-hybridized carbons (Fsp3) is 0.667. The lowest BCUT2D eigenvalue weighted by Crippen LogP contribution is -2.22. The Morgan fingerprint density at radius 3 is 2.52 bits per heavy atom. The highest BCUT2D eigenvalue weighted by Gasteiger charge is 2.05. The van der Waals surface area contributed by atoms with E-state index in [0.29, 0.717) is 6.04 Å². The molecular formula is C18H30ClNO. The second-order valence-corrected chi connectivity index (χ2v) is 6.34. The lowest BCUT2D eigenvalue weighted by atomic mass is 10.1. The molecule has 21 heavy (non-hydrogen) atoms. The standard InChI is InChI=1S/C18H30ClNO/c1-4-5-6-7-8-9-12-21-18-11-10-17(19)13-16(18)14-20-15(2)3/h10-11,13,15,20H,4-9,12,14H2,1-3H3. The van der Waals surface area contributed by atoms with Gasteiger partial charge in [0, 0.05) is 23.2 Å². The van der Waals surface area contributed by atoms with Crippen LogP contribution in [0.25, 0.3) is 0 Å². The molecule has 0 aromatic heterocycles. The molecular weight excluding hydrogens is 282 g/mol. The second-order valence-electron chi connectivity index (χ2n) is 5.90. The third-order valence-corrected chi connectivity index (χ3v) is 3.71. The molecule has 0 aliphatic carbocycles. The van der Waals surface area contributed by atoms with Crippen LogP contribution in [-0.2, 0) is 6.54 Å². The summed E-state index contributed by atoms with van der Waals surface area (Å²) in [4.78, 5) is 0. The number of ether oxygens (including phenoxy) is 1. The Hall–Kier alpha value is -0.730. The van der Waals surface area contributed by atoms with Crippen LogP contribution in [0, 0.1) is 0 Å². The lowest BCUT2D eigenvalue weighted by Gasteiger charge is -2.14. The SMILES string of the molecule is CCCCCCCCOc1ccc(Cl)cc1CNC(C)C. The number of hydrogen-bond acceptors (Lipinski definition) is 2. The summed E-state index contributed by atoms with van der Waals surface area (Å²) < 4.78 is 5.93. The lowest BCUT2D eigenvalue weighted by molar-refractivity contribution is 0.300. The zero-order valence-electron chi connectivity index (χ0n) is 13.8. The van der Waals surface area contributed by atoms with Crippen molar-refractivity contribution in [2.24, 2.45) is 0 Å². The molecule has 0 atom stereocenters. The largest absolute Gasteiger partial charge is 0.493 e. The minimum atomic E-state index is 0.454. The zero-order chi connectivity index (χ0) is 15.5. The van der Waals surface area contributed by atoms with Gasteiger partial charge in [-0.1, -0.05) is 64.5 Å². The van der Waals surface area contributed by atoms with Crippen molar-refractivity contribution in [3.8, 4) is 5.75 Å². The maximum atomic E-state index is 6.08. The van der Waals surface area contributed by atoms with Gasteiger partial charge in [-0.2, -0.15) is 0 Å². The molecule has 1 N–H and O–H groups in total. The molecule has 0 amide bonds. The molecule has 0 bridgehead atoms. The first-order valence-electron chi connectivity index (χ1n) is 8.28. The summed E-state index contributed by atoms with van der Waals surface area (Å²) in [5.41, 5.74) is 1.14. The molecule has 0 unspecified atom stereocenters. The van der Waals surface area contributed by atoms with Gasteiger partial charge in [-0.3, -0.25) is 0 Å². The summed E-state index contributed by atoms with van der Waals surface area (Å²) in [6, 6.07) is 6.33. The van der Waals surface area contributed by atoms with Gasteiger partial charge < -0.3 is 10.1 Å². The fourth-order valence-corrected chi connectivity index (χ4v) is 2.40. The van der Waals surface area contributed by atoms with E-state index >= 15 is 0 Å². The van der Waals surface area contributed by atoms with Crippen molar-refractivity contribution in [2.75, 3.05) is 6.61 Å². The second kappa shape index (κ2) is 10.9. The quantitative estimate of drug-likeness (QED) is 0.539. The van der Waals surface area contributed by atoms with E-state index in [4.69, 9.17) is 16.3 Å². The maximum Gasteiger partial charge on any atom is 0.123 e. The zero-order valence-corrected chi connectivity index (χ0v) is 14.5. The van der Waals surface area contributed by atoms with Crippen molar-refractivity contribution in [2.45, 2.75) is 71.9 Å². The van der Waals surface area contributed by atoms with Crippen molar-refractivity contribution in [3.05, 3.63) is 28.8 Å². The van der Waals surface area contributed by atoms with Gasteiger partial charge in [-0.25, -0.2) is 0 Å². The summed E-state index contributed by atoms with van der Waals surface area (Å²) >= 11 is 6.08. The molecule has 2 nitrogen and oxygen atoms in total. The Bertz CT molecular complexity index is 393. The van der Waals surface area contributed by atoms with Crippen LogP contribution in [0.3, 0.4) is 0 Å². The van der Waals surface area contributed by atoms with Crippen LogP contribution in [0.5, 0.6) is 5.75 Å². The van der Waals surface area contributed by atoms with E-state index < -0.39 is 0 Å². The van der Waals surface area contributed by atoms with Gasteiger partial charge in [0.1, 0.15) is 5.75 Å². The van der Waals surface area contributed by atoms with Crippen molar-refractivity contribution in [1.82, 2.24) is 5.32 Å². The van der Waals surface area contributed by atoms with Gasteiger partial charge in [0.25, 0.3) is 0 Å². The van der Waals surface area contributed by atoms with Gasteiger partial charge >= 0.3 is 0 Å². The average molecular weight is 312 g/mol. The third kappa shape index (κ3) is 8.33. The first kappa shape index (κ1) is 18.3. The average Bonchev–Trinajstić information content (AvgIpc) is 2.45. The fourth-order valence-electron chi connectivity index (χ4n) is 2.21. The summed E-state index contributed by atoms with van der Waals surface area (Å²) in [5, 5.41) is 4.18. The number of hydrogen-bond donors (Lipinski definition) is 1. The molecule has 1 rings (SSSR count). The number of benzene rings is 1. The van der Waals surface area contributed by atoms with Gasteiger partial charge in [-0.15, -0.1) is 0 Å². The predicted octanol–water partition coefficient (Wildman–Crippen LogP) is 5.58. The van der Waals surface area contributed by atoms with Crippen molar-refractivity contribution in [3.63, 3.8) is 0 Å². The van der Waals surface area contributed by atoms with Crippen molar-refractivity contribution >= 4 is 11.6 Å². The Morgan fingerprint density at radius 2 is 1.81 bits per heavy atom. The van der Waals surface area contributed by atoms with E-state index in [-0.39, 0.29) is 0 Å². The molecule has 0 aliphatic heterocycles. The molecule has 0 fully saturated rings. The Morgan fingerprint density at radius 1 is 1.10 bits per heavy atom. The number of nitrogens with one attached hydrogen (secondary N) is 1. The molecule has 0 saturated carbocycles. The van der Waals surface area contributed by atoms with Crippen LogP contribution in [0.2, 0.25) is 5.02 Å². The van der Waals surface area contributed by atoms with Gasteiger partial charge in [0.05, 0.1) is 6.61 Å². The minimum absolute atomic E-state index is 0.454. The van der Waals surface area contributed by atoms with E-state index in [1.807, 2.05) is 18.2 Å². The van der Waals surface area contributed by atoms with Gasteiger partial charge in [-0.05, 0) is 24.6 Å². The molecule has 120 valence electrons. The van der Waals surface area contributed by atoms with E-state index in [0.717, 1.165) is 35.9 Å². The first-order valence-corrected chi connectivity index (χ1v) is 8.66. The van der Waals surface area contributed by atoms with Gasteiger partial charge in [0.2, 0.25) is 0 Å². The van der Waals surface area contributed by atoms with E-state index in [1.54, 1.807) is 0 Å². The predicted molar refractivity (Wildman–Crippen MR) is 92.3 cm³/mol. The number of halogens is 1. The van der Waals surface area contributed by atoms with Gasteiger partial charge in [0.15, 0.2) is 0 Å². The molecule has 0 saturated heterocycles. The molecule has 0 radical (unpaired) electrons. The molecule has 0 aliphatic rings. The normalized spacial score (nSPS) is 11.1. The van der Waals surface area contributed by atoms with Crippen molar-refractivity contribution in [1.29, 1.82) is 0 Å². The van der Waals surface area contributed by atoms with Crippen LogP contribution < -0.4 is 10.1 Å². The molecule has 1 aromatic rings. The summed E-state index contributed by atoms with van der Waals surface area (Å²) in [6.07, 6.45) is 7.70. The third-order valence-electron chi connectivity index (χ3n) is 3.48. The first-order chi connectivity index (χ1) is 10.1. The Balaban J connectivity index is 2.35. The highest BCUT2D eigenvalue weighted by Crippen LogP contribution is 2.23. The Kier molecular flexibility index (Phi) is 9.53. The molecule has 0 heterocycles. The molecule has 3 heteroatoms. The van der Waals surface area contributed by atoms with Crippen molar-refractivity contribution < 1.29 is 4.74 Å². The monoisotopic (exact) mass is 311 g/mol. The minimum Gasteiger partial charge on any atom is -0.493 e.